The summed E-state index contributed by atoms with van der Waals surface area (Å²) in [6.07, 6.45) is 3.93. The fourth-order valence-corrected chi connectivity index (χ4v) is 2.62. The number of benzene rings is 2. The van der Waals surface area contributed by atoms with E-state index >= 15 is 0 Å². The molecule has 0 amide bonds. The Balaban J connectivity index is 1.58. The highest BCUT2D eigenvalue weighted by Crippen LogP contribution is 2.28. The van der Waals surface area contributed by atoms with E-state index in [2.05, 4.69) is 10.4 Å². The monoisotopic (exact) mass is 337 g/mol. The Morgan fingerprint density at radius 3 is 2.56 bits per heavy atom. The van der Waals surface area contributed by atoms with Crippen LogP contribution >= 0.6 is 0 Å². The van der Waals surface area contributed by atoms with Crippen LogP contribution in [0.1, 0.15) is 18.1 Å². The zero-order chi connectivity index (χ0) is 17.5. The third-order valence-electron chi connectivity index (χ3n) is 3.84. The van der Waals surface area contributed by atoms with Crippen molar-refractivity contribution in [2.75, 3.05) is 13.7 Å². The van der Waals surface area contributed by atoms with Crippen LogP contribution < -0.4 is 14.8 Å². The molecule has 130 valence electrons. The van der Waals surface area contributed by atoms with Gasteiger partial charge in [-0.05, 0) is 36.8 Å². The van der Waals surface area contributed by atoms with Crippen LogP contribution in [0.5, 0.6) is 11.5 Å². The molecule has 0 spiro atoms. The lowest BCUT2D eigenvalue weighted by Crippen LogP contribution is -2.12. The maximum absolute atomic E-state index is 5.62. The van der Waals surface area contributed by atoms with E-state index in [1.807, 2.05) is 72.5 Å². The topological polar surface area (TPSA) is 48.3 Å². The molecule has 0 aliphatic carbocycles. The molecule has 0 atom stereocenters. The first kappa shape index (κ1) is 17.0. The standard InChI is InChI=1S/C20H23N3O2/c1-3-25-20-11-16(9-10-19(20)24-2)12-21-13-17-14-22-23(15-17)18-7-5-4-6-8-18/h4-11,14-15,21H,3,12-13H2,1-2H3. The van der Waals surface area contributed by atoms with Crippen LogP contribution in [-0.2, 0) is 13.1 Å². The molecule has 3 aromatic rings. The zero-order valence-corrected chi connectivity index (χ0v) is 14.6. The van der Waals surface area contributed by atoms with Gasteiger partial charge in [0.25, 0.3) is 0 Å². The number of ether oxygens (including phenoxy) is 2. The Kier molecular flexibility index (Phi) is 5.69. The molecule has 5 nitrogen and oxygen atoms in total. The Bertz CT molecular complexity index is 800. The molecule has 1 heterocycles. The van der Waals surface area contributed by atoms with Crippen LogP contribution in [0, 0.1) is 0 Å². The van der Waals surface area contributed by atoms with Gasteiger partial charge in [-0.3, -0.25) is 0 Å². The van der Waals surface area contributed by atoms with Gasteiger partial charge < -0.3 is 14.8 Å². The van der Waals surface area contributed by atoms with Crippen molar-refractivity contribution in [3.05, 3.63) is 72.1 Å². The fourth-order valence-electron chi connectivity index (χ4n) is 2.62. The van der Waals surface area contributed by atoms with E-state index in [0.717, 1.165) is 41.4 Å². The summed E-state index contributed by atoms with van der Waals surface area (Å²) in [5, 5.41) is 7.85. The van der Waals surface area contributed by atoms with Gasteiger partial charge in [-0.1, -0.05) is 24.3 Å². The van der Waals surface area contributed by atoms with Crippen molar-refractivity contribution >= 4 is 0 Å². The molecule has 25 heavy (non-hydrogen) atoms. The van der Waals surface area contributed by atoms with Gasteiger partial charge in [0.15, 0.2) is 11.5 Å². The van der Waals surface area contributed by atoms with Gasteiger partial charge in [-0.15, -0.1) is 0 Å². The van der Waals surface area contributed by atoms with E-state index < -0.39 is 0 Å². The number of hydrogen-bond acceptors (Lipinski definition) is 4. The number of methoxy groups -OCH3 is 1. The summed E-state index contributed by atoms with van der Waals surface area (Å²) in [4.78, 5) is 0. The van der Waals surface area contributed by atoms with Crippen LogP contribution in [0.25, 0.3) is 5.69 Å². The molecule has 5 heteroatoms. The van der Waals surface area contributed by atoms with E-state index in [1.54, 1.807) is 7.11 Å². The summed E-state index contributed by atoms with van der Waals surface area (Å²) < 4.78 is 12.8. The molecular formula is C20H23N3O2. The third-order valence-corrected chi connectivity index (χ3v) is 3.84. The third kappa shape index (κ3) is 4.39. The van der Waals surface area contributed by atoms with Crippen molar-refractivity contribution in [3.8, 4) is 17.2 Å². The van der Waals surface area contributed by atoms with E-state index in [4.69, 9.17) is 9.47 Å². The van der Waals surface area contributed by atoms with E-state index in [9.17, 15) is 0 Å². The smallest absolute Gasteiger partial charge is 0.161 e. The van der Waals surface area contributed by atoms with Gasteiger partial charge in [0.1, 0.15) is 0 Å². The van der Waals surface area contributed by atoms with E-state index in [-0.39, 0.29) is 0 Å². The number of para-hydroxylation sites is 1. The Morgan fingerprint density at radius 2 is 1.80 bits per heavy atom. The summed E-state index contributed by atoms with van der Waals surface area (Å²) in [5.41, 5.74) is 3.35. The van der Waals surface area contributed by atoms with Gasteiger partial charge in [0.2, 0.25) is 0 Å². The van der Waals surface area contributed by atoms with Crippen molar-refractivity contribution in [1.82, 2.24) is 15.1 Å². The lowest BCUT2D eigenvalue weighted by molar-refractivity contribution is 0.310. The summed E-state index contributed by atoms with van der Waals surface area (Å²) in [7, 11) is 1.65. The van der Waals surface area contributed by atoms with E-state index in [0.29, 0.717) is 6.61 Å². The second-order valence-corrected chi connectivity index (χ2v) is 5.65. The SMILES string of the molecule is CCOc1cc(CNCc2cnn(-c3ccccc3)c2)ccc1OC. The highest BCUT2D eigenvalue weighted by atomic mass is 16.5. The summed E-state index contributed by atoms with van der Waals surface area (Å²) in [6.45, 7) is 4.09. The first-order valence-electron chi connectivity index (χ1n) is 8.39. The molecule has 0 aliphatic heterocycles. The van der Waals surface area contributed by atoms with Gasteiger partial charge in [0.05, 0.1) is 25.6 Å². The predicted octanol–water partition coefficient (Wildman–Crippen LogP) is 3.57. The van der Waals surface area contributed by atoms with Crippen LogP contribution in [0.2, 0.25) is 0 Å². The molecule has 0 fully saturated rings. The lowest BCUT2D eigenvalue weighted by atomic mass is 10.2. The maximum atomic E-state index is 5.62. The average Bonchev–Trinajstić information content (AvgIpc) is 3.12. The molecule has 0 radical (unpaired) electrons. The van der Waals surface area contributed by atoms with Gasteiger partial charge in [-0.2, -0.15) is 5.10 Å². The number of nitrogens with zero attached hydrogens (tertiary/aromatic N) is 2. The van der Waals surface area contributed by atoms with E-state index in [1.165, 1.54) is 0 Å². The van der Waals surface area contributed by atoms with Crippen LogP contribution in [0.4, 0.5) is 0 Å². The molecular weight excluding hydrogens is 314 g/mol. The number of aromatic nitrogens is 2. The number of rotatable bonds is 8. The van der Waals surface area contributed by atoms with Gasteiger partial charge in [0, 0.05) is 24.8 Å². The van der Waals surface area contributed by atoms with Crippen molar-refractivity contribution in [2.45, 2.75) is 20.0 Å². The molecule has 3 rings (SSSR count). The minimum atomic E-state index is 0.617. The molecule has 2 aromatic carbocycles. The van der Waals surface area contributed by atoms with Crippen molar-refractivity contribution < 1.29 is 9.47 Å². The van der Waals surface area contributed by atoms with Crippen molar-refractivity contribution in [1.29, 1.82) is 0 Å². The minimum absolute atomic E-state index is 0.617. The van der Waals surface area contributed by atoms with Gasteiger partial charge >= 0.3 is 0 Å². The second kappa shape index (κ2) is 8.35. The fraction of sp³-hybridized carbons (Fsp3) is 0.250. The Labute approximate surface area is 148 Å². The predicted molar refractivity (Wildman–Crippen MR) is 98.3 cm³/mol. The lowest BCUT2D eigenvalue weighted by Gasteiger charge is -2.11. The largest absolute Gasteiger partial charge is 0.493 e. The van der Waals surface area contributed by atoms with Crippen LogP contribution in [-0.4, -0.2) is 23.5 Å². The summed E-state index contributed by atoms with van der Waals surface area (Å²) in [5.74, 6) is 1.54. The molecule has 0 bridgehead atoms. The zero-order valence-electron chi connectivity index (χ0n) is 14.6. The molecule has 1 N–H and O–H groups in total. The van der Waals surface area contributed by atoms with Crippen LogP contribution in [0.3, 0.4) is 0 Å². The van der Waals surface area contributed by atoms with Crippen molar-refractivity contribution in [2.24, 2.45) is 0 Å². The first-order valence-corrected chi connectivity index (χ1v) is 8.39. The summed E-state index contributed by atoms with van der Waals surface area (Å²) >= 11 is 0. The molecule has 0 unspecified atom stereocenters. The minimum Gasteiger partial charge on any atom is -0.493 e. The Morgan fingerprint density at radius 1 is 1.00 bits per heavy atom. The normalized spacial score (nSPS) is 10.6. The Hall–Kier alpha value is -2.79. The quantitative estimate of drug-likeness (QED) is 0.683. The van der Waals surface area contributed by atoms with Crippen LogP contribution in [0.15, 0.2) is 60.9 Å². The summed E-state index contributed by atoms with van der Waals surface area (Å²) in [6, 6.07) is 16.1. The average molecular weight is 337 g/mol. The maximum Gasteiger partial charge on any atom is 0.161 e. The molecule has 0 aliphatic rings. The first-order chi connectivity index (χ1) is 12.3. The number of hydrogen-bond donors (Lipinski definition) is 1. The highest BCUT2D eigenvalue weighted by molar-refractivity contribution is 5.43. The molecule has 0 saturated carbocycles. The molecule has 0 saturated heterocycles. The number of nitrogens with one attached hydrogen (secondary N) is 1. The second-order valence-electron chi connectivity index (χ2n) is 5.65. The highest BCUT2D eigenvalue weighted by Gasteiger charge is 2.06. The van der Waals surface area contributed by atoms with Crippen molar-refractivity contribution in [3.63, 3.8) is 0 Å². The molecule has 1 aromatic heterocycles. The van der Waals surface area contributed by atoms with Gasteiger partial charge in [-0.25, -0.2) is 4.68 Å².